The Morgan fingerprint density at radius 2 is 0.780 bits per heavy atom. The van der Waals surface area contributed by atoms with E-state index >= 15 is 0 Å². The van der Waals surface area contributed by atoms with Gasteiger partial charge in [0.15, 0.2) is 0 Å². The highest BCUT2D eigenvalue weighted by atomic mass is 15.2. The van der Waals surface area contributed by atoms with Gasteiger partial charge in [0.05, 0.1) is 11.4 Å². The van der Waals surface area contributed by atoms with Crippen molar-refractivity contribution in [2.45, 2.75) is 57.8 Å². The number of para-hydroxylation sites is 1. The molecule has 0 atom stereocenters. The number of nitrogens with zero attached hydrogens (tertiary/aromatic N) is 2. The number of anilines is 6. The van der Waals surface area contributed by atoms with Gasteiger partial charge in [-0.3, -0.25) is 0 Å². The van der Waals surface area contributed by atoms with Crippen LogP contribution in [0.1, 0.15) is 74.9 Å². The standard InChI is InChI=1S/C57H48N2/c1-55(2)47-23-15-13-21-43(47)45-29-26-40(34-49(45)55)58(39-19-11-8-12-20-39)41-28-32-54-52(36-41)57(5,6)51-33-38(37-17-9-7-10-18-37)25-31-53(51)59(54)42-27-30-46-44-22-14-16-24-48(44)56(3,4)50(46)35-42/h7-36H,1-6H3. The first-order valence-corrected chi connectivity index (χ1v) is 21.0. The van der Waals surface area contributed by atoms with E-state index in [-0.39, 0.29) is 16.2 Å². The van der Waals surface area contributed by atoms with E-state index in [1.54, 1.807) is 0 Å². The van der Waals surface area contributed by atoms with Gasteiger partial charge < -0.3 is 9.80 Å². The second-order valence-electron chi connectivity index (χ2n) is 18.2. The predicted molar refractivity (Wildman–Crippen MR) is 248 cm³/mol. The lowest BCUT2D eigenvalue weighted by molar-refractivity contribution is 0.632. The van der Waals surface area contributed by atoms with E-state index in [1.165, 1.54) is 83.8 Å². The van der Waals surface area contributed by atoms with Crippen molar-refractivity contribution in [3.63, 3.8) is 0 Å². The molecule has 3 aliphatic rings. The Morgan fingerprint density at radius 3 is 1.42 bits per heavy atom. The lowest BCUT2D eigenvalue weighted by Crippen LogP contribution is -2.31. The Hall–Kier alpha value is -6.64. The van der Waals surface area contributed by atoms with Crippen molar-refractivity contribution in [1.82, 2.24) is 0 Å². The van der Waals surface area contributed by atoms with Crippen LogP contribution in [0.2, 0.25) is 0 Å². The van der Waals surface area contributed by atoms with E-state index < -0.39 is 0 Å². The van der Waals surface area contributed by atoms with Gasteiger partial charge in [0.2, 0.25) is 0 Å². The van der Waals surface area contributed by atoms with Crippen molar-refractivity contribution >= 4 is 34.1 Å². The van der Waals surface area contributed by atoms with Crippen LogP contribution in [0.15, 0.2) is 182 Å². The maximum absolute atomic E-state index is 2.52. The van der Waals surface area contributed by atoms with Crippen LogP contribution in [0.3, 0.4) is 0 Å². The molecule has 11 rings (SSSR count). The average molecular weight is 761 g/mol. The van der Waals surface area contributed by atoms with E-state index in [9.17, 15) is 0 Å². The molecule has 0 saturated carbocycles. The van der Waals surface area contributed by atoms with Gasteiger partial charge in [0.1, 0.15) is 0 Å². The monoisotopic (exact) mass is 760 g/mol. The SMILES string of the molecule is CC1(C)c2ccccc2-c2ccc(N(c3ccccc3)c3ccc4c(c3)C(C)(C)c3cc(-c5ccccc5)ccc3N4c3ccc4c(c3)C(C)(C)c3ccccc3-4)cc21. The zero-order chi connectivity index (χ0) is 40.3. The van der Waals surface area contributed by atoms with Crippen molar-refractivity contribution in [1.29, 1.82) is 0 Å². The second kappa shape index (κ2) is 12.7. The van der Waals surface area contributed by atoms with Gasteiger partial charge in [-0.1, -0.05) is 157 Å². The van der Waals surface area contributed by atoms with Crippen LogP contribution in [0, 0.1) is 0 Å². The molecule has 8 aromatic carbocycles. The second-order valence-corrected chi connectivity index (χ2v) is 18.2. The lowest BCUT2D eigenvalue weighted by Gasteiger charge is -2.43. The average Bonchev–Trinajstić information content (AvgIpc) is 3.63. The first kappa shape index (κ1) is 35.5. The molecule has 0 N–H and O–H groups in total. The Balaban J connectivity index is 1.11. The molecule has 0 fully saturated rings. The van der Waals surface area contributed by atoms with E-state index in [4.69, 9.17) is 0 Å². The third-order valence-electron chi connectivity index (χ3n) is 13.8. The van der Waals surface area contributed by atoms with Crippen molar-refractivity contribution in [2.75, 3.05) is 9.80 Å². The molecule has 0 bridgehead atoms. The fraction of sp³-hybridized carbons (Fsp3) is 0.158. The summed E-state index contributed by atoms with van der Waals surface area (Å²) in [6.07, 6.45) is 0. The third-order valence-corrected chi connectivity index (χ3v) is 13.8. The summed E-state index contributed by atoms with van der Waals surface area (Å²) in [5, 5.41) is 0. The number of benzene rings is 8. The van der Waals surface area contributed by atoms with Crippen molar-refractivity contribution in [2.24, 2.45) is 0 Å². The van der Waals surface area contributed by atoms with Crippen LogP contribution in [-0.2, 0) is 16.2 Å². The number of hydrogen-bond donors (Lipinski definition) is 0. The molecule has 2 nitrogen and oxygen atoms in total. The minimum Gasteiger partial charge on any atom is -0.310 e. The van der Waals surface area contributed by atoms with Crippen LogP contribution in [-0.4, -0.2) is 0 Å². The maximum atomic E-state index is 2.52. The van der Waals surface area contributed by atoms with Crippen LogP contribution in [0.5, 0.6) is 0 Å². The molecule has 2 aliphatic carbocycles. The normalized spacial score (nSPS) is 15.7. The molecule has 0 amide bonds. The molecule has 0 saturated heterocycles. The van der Waals surface area contributed by atoms with Gasteiger partial charge in [-0.15, -0.1) is 0 Å². The van der Waals surface area contributed by atoms with Crippen LogP contribution < -0.4 is 9.80 Å². The van der Waals surface area contributed by atoms with Gasteiger partial charge in [-0.05, 0) is 133 Å². The van der Waals surface area contributed by atoms with E-state index in [2.05, 4.69) is 233 Å². The summed E-state index contributed by atoms with van der Waals surface area (Å²) in [5.74, 6) is 0. The molecule has 0 spiro atoms. The Bertz CT molecular complexity index is 2970. The quantitative estimate of drug-likeness (QED) is 0.172. The van der Waals surface area contributed by atoms with Crippen molar-refractivity contribution in [3.8, 4) is 33.4 Å². The summed E-state index contributed by atoms with van der Waals surface area (Å²) in [4.78, 5) is 4.97. The Kier molecular flexibility index (Phi) is 7.63. The number of rotatable bonds is 5. The van der Waals surface area contributed by atoms with E-state index in [0.29, 0.717) is 0 Å². The third kappa shape index (κ3) is 5.18. The molecule has 0 aromatic heterocycles. The summed E-state index contributed by atoms with van der Waals surface area (Å²) in [7, 11) is 0. The zero-order valence-corrected chi connectivity index (χ0v) is 34.7. The van der Waals surface area contributed by atoms with Crippen LogP contribution in [0.4, 0.5) is 34.1 Å². The van der Waals surface area contributed by atoms with Gasteiger partial charge in [0.25, 0.3) is 0 Å². The topological polar surface area (TPSA) is 6.48 Å². The Labute approximate surface area is 349 Å². The van der Waals surface area contributed by atoms with Crippen LogP contribution in [0.25, 0.3) is 33.4 Å². The summed E-state index contributed by atoms with van der Waals surface area (Å²) < 4.78 is 0. The molecule has 0 radical (unpaired) electrons. The maximum Gasteiger partial charge on any atom is 0.0504 e. The number of hydrogen-bond acceptors (Lipinski definition) is 2. The van der Waals surface area contributed by atoms with Gasteiger partial charge in [0, 0.05) is 39.0 Å². The van der Waals surface area contributed by atoms with Gasteiger partial charge >= 0.3 is 0 Å². The zero-order valence-electron chi connectivity index (χ0n) is 34.7. The molecule has 1 aliphatic heterocycles. The minimum absolute atomic E-state index is 0.103. The highest BCUT2D eigenvalue weighted by Crippen LogP contribution is 2.57. The molecule has 0 unspecified atom stereocenters. The molecular formula is C57H48N2. The van der Waals surface area contributed by atoms with Crippen molar-refractivity contribution in [3.05, 3.63) is 215 Å². The smallest absolute Gasteiger partial charge is 0.0504 e. The highest BCUT2D eigenvalue weighted by Gasteiger charge is 2.41. The summed E-state index contributed by atoms with van der Waals surface area (Å²) in [6, 6.07) is 68.0. The fourth-order valence-corrected chi connectivity index (χ4v) is 10.6. The van der Waals surface area contributed by atoms with Crippen LogP contribution >= 0.6 is 0 Å². The van der Waals surface area contributed by atoms with Gasteiger partial charge in [-0.2, -0.15) is 0 Å². The highest BCUT2D eigenvalue weighted by molar-refractivity contribution is 5.92. The summed E-state index contributed by atoms with van der Waals surface area (Å²) in [6.45, 7) is 14.3. The fourth-order valence-electron chi connectivity index (χ4n) is 10.6. The van der Waals surface area contributed by atoms with Crippen molar-refractivity contribution < 1.29 is 0 Å². The largest absolute Gasteiger partial charge is 0.310 e. The molecular weight excluding hydrogens is 713 g/mol. The van der Waals surface area contributed by atoms with Gasteiger partial charge in [-0.25, -0.2) is 0 Å². The molecule has 8 aromatic rings. The molecule has 1 heterocycles. The van der Waals surface area contributed by atoms with E-state index in [0.717, 1.165) is 17.1 Å². The molecule has 59 heavy (non-hydrogen) atoms. The first-order chi connectivity index (χ1) is 28.5. The first-order valence-electron chi connectivity index (χ1n) is 21.0. The number of fused-ring (bicyclic) bond motifs is 8. The lowest BCUT2D eigenvalue weighted by atomic mass is 9.72. The molecule has 286 valence electrons. The minimum atomic E-state index is -0.307. The summed E-state index contributed by atoms with van der Waals surface area (Å²) in [5.41, 5.74) is 22.5. The Morgan fingerprint density at radius 1 is 0.322 bits per heavy atom. The summed E-state index contributed by atoms with van der Waals surface area (Å²) >= 11 is 0. The molecule has 2 heteroatoms. The van der Waals surface area contributed by atoms with E-state index in [1.807, 2.05) is 0 Å². The predicted octanol–water partition coefficient (Wildman–Crippen LogP) is 15.5.